The Balaban J connectivity index is 2.44. The number of primary amides is 1. The first-order valence-electron chi connectivity index (χ1n) is 7.11. The lowest BCUT2D eigenvalue weighted by Crippen LogP contribution is -2.50. The molecule has 7 N–H and O–H groups in total. The first kappa shape index (κ1) is 16.2. The highest BCUT2D eigenvalue weighted by molar-refractivity contribution is 5.82. The van der Waals surface area contributed by atoms with Crippen molar-refractivity contribution in [2.24, 2.45) is 17.4 Å². The molecule has 1 aromatic rings. The first-order chi connectivity index (χ1) is 10.4. The van der Waals surface area contributed by atoms with E-state index >= 15 is 0 Å². The number of aromatic amines is 1. The number of carboxylic acids is 1. The van der Waals surface area contributed by atoms with Gasteiger partial charge in [-0.15, -0.1) is 0 Å². The highest BCUT2D eigenvalue weighted by atomic mass is 16.4. The molecule has 22 heavy (non-hydrogen) atoms. The van der Waals surface area contributed by atoms with Crippen LogP contribution in [0.1, 0.15) is 24.3 Å². The Morgan fingerprint density at radius 2 is 2.09 bits per heavy atom. The number of H-pyrrole nitrogens is 1. The van der Waals surface area contributed by atoms with E-state index in [1.165, 1.54) is 18.3 Å². The quantitative estimate of drug-likeness (QED) is 0.441. The summed E-state index contributed by atoms with van der Waals surface area (Å²) in [7, 11) is 0. The maximum Gasteiger partial charge on any atom is 0.321 e. The minimum absolute atomic E-state index is 0.222. The molecule has 1 amide bonds. The number of hydrogen-bond acceptors (Lipinski definition) is 5. The molecule has 8 heteroatoms. The summed E-state index contributed by atoms with van der Waals surface area (Å²) in [5.41, 5.74) is 11.5. The molecule has 0 spiro atoms. The van der Waals surface area contributed by atoms with E-state index in [-0.39, 0.29) is 11.6 Å². The van der Waals surface area contributed by atoms with E-state index in [1.54, 1.807) is 0 Å². The summed E-state index contributed by atoms with van der Waals surface area (Å²) in [6.45, 7) is 0.745. The Kier molecular flexibility index (Phi) is 4.94. The summed E-state index contributed by atoms with van der Waals surface area (Å²) in [5, 5.41) is 12.4. The molecule has 120 valence electrons. The SMILES string of the molecule is NC(=O)C(C1CCCN1)C(c1ccc(=O)[nH]c1)C(N)C(=O)O. The normalized spacial score (nSPS) is 22.0. The van der Waals surface area contributed by atoms with E-state index < -0.39 is 29.8 Å². The number of aromatic nitrogens is 1. The van der Waals surface area contributed by atoms with Gasteiger partial charge in [0.1, 0.15) is 6.04 Å². The van der Waals surface area contributed by atoms with Crippen molar-refractivity contribution in [3.8, 4) is 0 Å². The molecule has 0 saturated carbocycles. The molecule has 4 unspecified atom stereocenters. The summed E-state index contributed by atoms with van der Waals surface area (Å²) in [6.07, 6.45) is 3.00. The lowest BCUT2D eigenvalue weighted by atomic mass is 9.76. The Labute approximate surface area is 126 Å². The van der Waals surface area contributed by atoms with Crippen LogP contribution in [0.4, 0.5) is 0 Å². The van der Waals surface area contributed by atoms with Crippen molar-refractivity contribution in [3.63, 3.8) is 0 Å². The van der Waals surface area contributed by atoms with Gasteiger partial charge in [0.15, 0.2) is 0 Å². The van der Waals surface area contributed by atoms with Crippen molar-refractivity contribution in [1.82, 2.24) is 10.3 Å². The summed E-state index contributed by atoms with van der Waals surface area (Å²) in [6, 6.07) is 1.24. The molecule has 0 radical (unpaired) electrons. The highest BCUT2D eigenvalue weighted by Crippen LogP contribution is 2.32. The van der Waals surface area contributed by atoms with E-state index in [0.717, 1.165) is 19.4 Å². The van der Waals surface area contributed by atoms with Crippen LogP contribution in [0.2, 0.25) is 0 Å². The average molecular weight is 308 g/mol. The van der Waals surface area contributed by atoms with Crippen LogP contribution in [0.5, 0.6) is 0 Å². The summed E-state index contributed by atoms with van der Waals surface area (Å²) in [4.78, 5) is 37.0. The van der Waals surface area contributed by atoms with Crippen molar-refractivity contribution >= 4 is 11.9 Å². The van der Waals surface area contributed by atoms with Gasteiger partial charge in [0.05, 0.1) is 5.92 Å². The van der Waals surface area contributed by atoms with Crippen molar-refractivity contribution in [3.05, 3.63) is 34.2 Å². The molecule has 8 nitrogen and oxygen atoms in total. The molecule has 1 aliphatic heterocycles. The molecule has 0 aromatic carbocycles. The van der Waals surface area contributed by atoms with E-state index in [4.69, 9.17) is 11.5 Å². The molecule has 4 atom stereocenters. The highest BCUT2D eigenvalue weighted by Gasteiger charge is 2.41. The number of nitrogens with one attached hydrogen (secondary N) is 2. The van der Waals surface area contributed by atoms with Gasteiger partial charge in [-0.2, -0.15) is 0 Å². The maximum atomic E-state index is 12.0. The van der Waals surface area contributed by atoms with Crippen molar-refractivity contribution in [2.45, 2.75) is 30.8 Å². The van der Waals surface area contributed by atoms with Gasteiger partial charge >= 0.3 is 5.97 Å². The zero-order chi connectivity index (χ0) is 16.3. The second kappa shape index (κ2) is 6.71. The van der Waals surface area contributed by atoms with Crippen molar-refractivity contribution < 1.29 is 14.7 Å². The van der Waals surface area contributed by atoms with Crippen LogP contribution in [-0.4, -0.2) is 40.6 Å². The number of amides is 1. The number of pyridine rings is 1. The minimum Gasteiger partial charge on any atom is -0.480 e. The third kappa shape index (κ3) is 3.34. The number of carbonyl (C=O) groups is 2. The molecule has 2 rings (SSSR count). The van der Waals surface area contributed by atoms with Crippen molar-refractivity contribution in [2.75, 3.05) is 6.54 Å². The molecular weight excluding hydrogens is 288 g/mol. The van der Waals surface area contributed by atoms with Crippen molar-refractivity contribution in [1.29, 1.82) is 0 Å². The monoisotopic (exact) mass is 308 g/mol. The minimum atomic E-state index is -1.30. The Hall–Kier alpha value is -2.19. The number of nitrogens with two attached hydrogens (primary N) is 2. The van der Waals surface area contributed by atoms with Crippen LogP contribution < -0.4 is 22.3 Å². The molecule has 1 fully saturated rings. The van der Waals surface area contributed by atoms with E-state index in [9.17, 15) is 19.5 Å². The standard InChI is InChI=1S/C14H20N4O4/c15-12(14(21)22)10(7-3-4-9(19)18-6-7)11(13(16)20)8-2-1-5-17-8/h3-4,6,8,10-12,17H,1-2,5,15H2,(H2,16,20)(H,18,19)(H,21,22). The van der Waals surface area contributed by atoms with Crippen LogP contribution in [0.25, 0.3) is 0 Å². The van der Waals surface area contributed by atoms with Gasteiger partial charge in [-0.25, -0.2) is 0 Å². The van der Waals surface area contributed by atoms with Gasteiger partial charge in [0.25, 0.3) is 0 Å². The first-order valence-corrected chi connectivity index (χ1v) is 7.11. The summed E-state index contributed by atoms with van der Waals surface area (Å²) in [5.74, 6) is -3.41. The van der Waals surface area contributed by atoms with E-state index in [0.29, 0.717) is 5.56 Å². The molecule has 1 saturated heterocycles. The lowest BCUT2D eigenvalue weighted by molar-refractivity contribution is -0.140. The zero-order valence-electron chi connectivity index (χ0n) is 12.0. The Bertz CT molecular complexity index is 589. The molecule has 0 aliphatic carbocycles. The van der Waals surface area contributed by atoms with Gasteiger partial charge in [-0.05, 0) is 24.9 Å². The largest absolute Gasteiger partial charge is 0.480 e. The topological polar surface area (TPSA) is 151 Å². The third-order valence-corrected chi connectivity index (χ3v) is 4.11. The summed E-state index contributed by atoms with van der Waals surface area (Å²) >= 11 is 0. The zero-order valence-corrected chi connectivity index (χ0v) is 12.0. The number of carboxylic acid groups (broad SMARTS) is 1. The van der Waals surface area contributed by atoms with E-state index in [1.807, 2.05) is 0 Å². The fourth-order valence-corrected chi connectivity index (χ4v) is 3.07. The van der Waals surface area contributed by atoms with Gasteiger partial charge in [-0.3, -0.25) is 14.4 Å². The van der Waals surface area contributed by atoms with Crippen LogP contribution in [-0.2, 0) is 9.59 Å². The fourth-order valence-electron chi connectivity index (χ4n) is 3.07. The smallest absolute Gasteiger partial charge is 0.321 e. The number of aliphatic carboxylic acids is 1. The molecule has 1 aromatic heterocycles. The molecular formula is C14H20N4O4. The lowest BCUT2D eigenvalue weighted by Gasteiger charge is -2.32. The molecule has 2 heterocycles. The van der Waals surface area contributed by atoms with Gasteiger partial charge in [0.2, 0.25) is 11.5 Å². The van der Waals surface area contributed by atoms with Crippen LogP contribution in [0.3, 0.4) is 0 Å². The molecule has 0 bridgehead atoms. The summed E-state index contributed by atoms with van der Waals surface area (Å²) < 4.78 is 0. The van der Waals surface area contributed by atoms with Gasteiger partial charge in [0, 0.05) is 24.2 Å². The van der Waals surface area contributed by atoms with Crippen LogP contribution in [0, 0.1) is 5.92 Å². The predicted molar refractivity (Wildman–Crippen MR) is 79.1 cm³/mol. The van der Waals surface area contributed by atoms with Gasteiger partial charge < -0.3 is 26.9 Å². The third-order valence-electron chi connectivity index (χ3n) is 4.11. The molecule has 1 aliphatic rings. The van der Waals surface area contributed by atoms with Crippen LogP contribution >= 0.6 is 0 Å². The van der Waals surface area contributed by atoms with Gasteiger partial charge in [-0.1, -0.05) is 6.07 Å². The predicted octanol–water partition coefficient (Wildman–Crippen LogP) is -1.28. The van der Waals surface area contributed by atoms with E-state index in [2.05, 4.69) is 10.3 Å². The number of carbonyl (C=O) groups excluding carboxylic acids is 1. The van der Waals surface area contributed by atoms with Crippen LogP contribution in [0.15, 0.2) is 23.1 Å². The second-order valence-corrected chi connectivity index (χ2v) is 5.51. The number of hydrogen-bond donors (Lipinski definition) is 5. The fraction of sp³-hybridized carbons (Fsp3) is 0.500. The Morgan fingerprint density at radius 3 is 2.55 bits per heavy atom. The second-order valence-electron chi connectivity index (χ2n) is 5.51. The number of rotatable bonds is 6. The maximum absolute atomic E-state index is 12.0. The Morgan fingerprint density at radius 1 is 1.36 bits per heavy atom. The average Bonchev–Trinajstić information content (AvgIpc) is 2.98.